The van der Waals surface area contributed by atoms with Gasteiger partial charge in [-0.15, -0.1) is 0 Å². The standard InChI is InChI=1S/C15H15N3O3/c1-2-12-15-13(4-3-5-14(15)19)17(16-12)10-6-8-11(9-7-10)18(20)21/h6-9H,2-5H2,1H3. The number of aryl methyl sites for hydroxylation is 1. The van der Waals surface area contributed by atoms with Crippen LogP contribution >= 0.6 is 0 Å². The van der Waals surface area contributed by atoms with E-state index in [1.807, 2.05) is 6.92 Å². The Morgan fingerprint density at radius 2 is 2.00 bits per heavy atom. The second kappa shape index (κ2) is 5.12. The van der Waals surface area contributed by atoms with Gasteiger partial charge in [0.15, 0.2) is 5.78 Å². The molecule has 0 N–H and O–H groups in total. The Hall–Kier alpha value is -2.50. The summed E-state index contributed by atoms with van der Waals surface area (Å²) in [5.74, 6) is 0.154. The molecule has 0 radical (unpaired) electrons. The van der Waals surface area contributed by atoms with Crippen molar-refractivity contribution in [2.75, 3.05) is 0 Å². The molecular formula is C15H15N3O3. The summed E-state index contributed by atoms with van der Waals surface area (Å²) in [6.45, 7) is 1.98. The summed E-state index contributed by atoms with van der Waals surface area (Å²) in [4.78, 5) is 22.4. The molecule has 6 nitrogen and oxygen atoms in total. The Labute approximate surface area is 121 Å². The second-order valence-electron chi connectivity index (χ2n) is 5.08. The largest absolute Gasteiger partial charge is 0.294 e. The molecule has 1 aliphatic carbocycles. The van der Waals surface area contributed by atoms with Gasteiger partial charge in [-0.25, -0.2) is 4.68 Å². The minimum Gasteiger partial charge on any atom is -0.294 e. The lowest BCUT2D eigenvalue weighted by Gasteiger charge is -2.13. The van der Waals surface area contributed by atoms with Crippen LogP contribution in [0.15, 0.2) is 24.3 Å². The monoisotopic (exact) mass is 285 g/mol. The van der Waals surface area contributed by atoms with Crippen molar-refractivity contribution in [3.05, 3.63) is 51.3 Å². The maximum absolute atomic E-state index is 12.1. The summed E-state index contributed by atoms with van der Waals surface area (Å²) >= 11 is 0. The van der Waals surface area contributed by atoms with E-state index in [0.717, 1.165) is 35.5 Å². The first-order valence-electron chi connectivity index (χ1n) is 7.00. The van der Waals surface area contributed by atoms with Gasteiger partial charge >= 0.3 is 0 Å². The lowest BCUT2D eigenvalue weighted by atomic mass is 9.93. The summed E-state index contributed by atoms with van der Waals surface area (Å²) in [5.41, 5.74) is 3.30. The molecule has 1 aromatic carbocycles. The van der Waals surface area contributed by atoms with Crippen molar-refractivity contribution < 1.29 is 9.72 Å². The number of nitro benzene ring substituents is 1. The highest BCUT2D eigenvalue weighted by Gasteiger charge is 2.26. The number of Topliss-reactive ketones (excluding diaryl/α,β-unsaturated/α-hetero) is 1. The third-order valence-corrected chi connectivity index (χ3v) is 3.79. The normalized spacial score (nSPS) is 14.0. The molecule has 1 heterocycles. The van der Waals surface area contributed by atoms with Crippen LogP contribution in [0.5, 0.6) is 0 Å². The van der Waals surface area contributed by atoms with E-state index < -0.39 is 4.92 Å². The summed E-state index contributed by atoms with van der Waals surface area (Å²) in [5, 5.41) is 15.2. The van der Waals surface area contributed by atoms with Crippen molar-refractivity contribution in [3.63, 3.8) is 0 Å². The topological polar surface area (TPSA) is 78.0 Å². The summed E-state index contributed by atoms with van der Waals surface area (Å²) in [6.07, 6.45) is 2.92. The minimum atomic E-state index is -0.427. The van der Waals surface area contributed by atoms with Crippen LogP contribution in [0.3, 0.4) is 0 Å². The van der Waals surface area contributed by atoms with E-state index in [0.29, 0.717) is 12.8 Å². The Bertz CT molecular complexity index is 717. The third-order valence-electron chi connectivity index (χ3n) is 3.79. The second-order valence-corrected chi connectivity index (χ2v) is 5.08. The SMILES string of the molecule is CCc1nn(-c2ccc([N+](=O)[O-])cc2)c2c1C(=O)CCC2. The molecule has 6 heteroatoms. The van der Waals surface area contributed by atoms with E-state index in [4.69, 9.17) is 0 Å². The minimum absolute atomic E-state index is 0.0477. The lowest BCUT2D eigenvalue weighted by molar-refractivity contribution is -0.384. The highest BCUT2D eigenvalue weighted by atomic mass is 16.6. The maximum Gasteiger partial charge on any atom is 0.269 e. The molecule has 0 saturated carbocycles. The summed E-state index contributed by atoms with van der Waals surface area (Å²) in [7, 11) is 0. The van der Waals surface area contributed by atoms with E-state index in [9.17, 15) is 14.9 Å². The molecule has 1 aliphatic rings. The number of non-ortho nitro benzene ring substituents is 1. The fraction of sp³-hybridized carbons (Fsp3) is 0.333. The molecule has 21 heavy (non-hydrogen) atoms. The Morgan fingerprint density at radius 3 is 2.62 bits per heavy atom. The molecule has 0 saturated heterocycles. The van der Waals surface area contributed by atoms with Crippen LogP contribution in [0, 0.1) is 10.1 Å². The first-order valence-corrected chi connectivity index (χ1v) is 7.00. The lowest BCUT2D eigenvalue weighted by Crippen LogP contribution is -2.13. The van der Waals surface area contributed by atoms with Gasteiger partial charge in [-0.05, 0) is 31.4 Å². The van der Waals surface area contributed by atoms with Crippen LogP contribution < -0.4 is 0 Å². The van der Waals surface area contributed by atoms with Gasteiger partial charge in [-0.2, -0.15) is 5.10 Å². The number of fused-ring (bicyclic) bond motifs is 1. The number of carbonyl (C=O) groups is 1. The predicted molar refractivity (Wildman–Crippen MR) is 76.9 cm³/mol. The zero-order valence-electron chi connectivity index (χ0n) is 11.7. The van der Waals surface area contributed by atoms with Gasteiger partial charge in [0.2, 0.25) is 0 Å². The summed E-state index contributed by atoms with van der Waals surface area (Å²) in [6, 6.07) is 6.26. The molecule has 0 spiro atoms. The fourth-order valence-electron chi connectivity index (χ4n) is 2.77. The highest BCUT2D eigenvalue weighted by molar-refractivity contribution is 5.99. The van der Waals surface area contributed by atoms with Crippen LogP contribution in [0.1, 0.15) is 41.5 Å². The summed E-state index contributed by atoms with van der Waals surface area (Å²) < 4.78 is 1.76. The number of rotatable bonds is 3. The number of hydrogen-bond donors (Lipinski definition) is 0. The molecule has 0 unspecified atom stereocenters. The first kappa shape index (κ1) is 13.5. The van der Waals surface area contributed by atoms with Crippen LogP contribution in [0.25, 0.3) is 5.69 Å². The fourth-order valence-corrected chi connectivity index (χ4v) is 2.77. The number of carbonyl (C=O) groups excluding carboxylic acids is 1. The van der Waals surface area contributed by atoms with Crippen molar-refractivity contribution >= 4 is 11.5 Å². The Kier molecular flexibility index (Phi) is 3.29. The number of nitrogens with zero attached hydrogens (tertiary/aromatic N) is 3. The van der Waals surface area contributed by atoms with Crippen molar-refractivity contribution in [1.82, 2.24) is 9.78 Å². The van der Waals surface area contributed by atoms with Crippen LogP contribution in [-0.2, 0) is 12.8 Å². The van der Waals surface area contributed by atoms with E-state index in [2.05, 4.69) is 5.10 Å². The molecule has 2 aromatic rings. The number of aromatic nitrogens is 2. The molecule has 108 valence electrons. The molecule has 0 aliphatic heterocycles. The average Bonchev–Trinajstić information content (AvgIpc) is 2.87. The van der Waals surface area contributed by atoms with Gasteiger partial charge in [-0.1, -0.05) is 6.92 Å². The van der Waals surface area contributed by atoms with E-state index in [-0.39, 0.29) is 11.5 Å². The molecule has 0 amide bonds. The van der Waals surface area contributed by atoms with Gasteiger partial charge in [0.05, 0.1) is 27.6 Å². The van der Waals surface area contributed by atoms with Crippen molar-refractivity contribution in [2.24, 2.45) is 0 Å². The molecule has 3 rings (SSSR count). The Balaban J connectivity index is 2.10. The van der Waals surface area contributed by atoms with Gasteiger partial charge in [0.25, 0.3) is 5.69 Å². The van der Waals surface area contributed by atoms with Gasteiger partial charge in [0.1, 0.15) is 0 Å². The molecular weight excluding hydrogens is 270 g/mol. The highest BCUT2D eigenvalue weighted by Crippen LogP contribution is 2.27. The zero-order chi connectivity index (χ0) is 15.0. The Morgan fingerprint density at radius 1 is 1.29 bits per heavy atom. The van der Waals surface area contributed by atoms with Gasteiger partial charge in [-0.3, -0.25) is 14.9 Å². The van der Waals surface area contributed by atoms with E-state index in [1.165, 1.54) is 12.1 Å². The third kappa shape index (κ3) is 2.22. The molecule has 1 aromatic heterocycles. The van der Waals surface area contributed by atoms with Crippen molar-refractivity contribution in [3.8, 4) is 5.69 Å². The smallest absolute Gasteiger partial charge is 0.269 e. The number of hydrogen-bond acceptors (Lipinski definition) is 4. The van der Waals surface area contributed by atoms with Gasteiger partial charge < -0.3 is 0 Å². The van der Waals surface area contributed by atoms with E-state index in [1.54, 1.807) is 16.8 Å². The zero-order valence-corrected chi connectivity index (χ0v) is 11.7. The number of benzene rings is 1. The van der Waals surface area contributed by atoms with Crippen LogP contribution in [0.4, 0.5) is 5.69 Å². The number of ketones is 1. The maximum atomic E-state index is 12.1. The van der Waals surface area contributed by atoms with Crippen molar-refractivity contribution in [1.29, 1.82) is 0 Å². The quantitative estimate of drug-likeness (QED) is 0.641. The first-order chi connectivity index (χ1) is 10.1. The predicted octanol–water partition coefficient (Wildman–Crippen LogP) is 2.86. The molecule has 0 fully saturated rings. The average molecular weight is 285 g/mol. The number of nitro groups is 1. The van der Waals surface area contributed by atoms with Crippen molar-refractivity contribution in [2.45, 2.75) is 32.6 Å². The van der Waals surface area contributed by atoms with Crippen LogP contribution in [-0.4, -0.2) is 20.5 Å². The van der Waals surface area contributed by atoms with Crippen LogP contribution in [0.2, 0.25) is 0 Å². The van der Waals surface area contributed by atoms with E-state index >= 15 is 0 Å². The molecule has 0 bridgehead atoms. The molecule has 0 atom stereocenters. The van der Waals surface area contributed by atoms with Gasteiger partial charge in [0, 0.05) is 18.6 Å².